The molecule has 9 heteroatoms. The second-order valence-corrected chi connectivity index (χ2v) is 10.8. The number of hydrogen-bond acceptors (Lipinski definition) is 5. The molecule has 1 fully saturated rings. The summed E-state index contributed by atoms with van der Waals surface area (Å²) in [7, 11) is -3.71. The number of H-pyrrole nitrogens is 1. The van der Waals surface area contributed by atoms with Crippen LogP contribution < -0.4 is 5.32 Å². The quantitative estimate of drug-likeness (QED) is 0.454. The number of aromatic nitrogens is 2. The van der Waals surface area contributed by atoms with Crippen molar-refractivity contribution in [3.63, 3.8) is 0 Å². The van der Waals surface area contributed by atoms with Crippen molar-refractivity contribution in [3.05, 3.63) is 66.0 Å². The lowest BCUT2D eigenvalue weighted by Gasteiger charge is -2.33. The monoisotopic (exact) mass is 466 g/mol. The molecule has 1 atom stereocenters. The Balaban J connectivity index is 1.44. The van der Waals surface area contributed by atoms with Crippen molar-refractivity contribution in [3.8, 4) is 11.4 Å². The number of hydrogen-bond donors (Lipinski definition) is 2. The van der Waals surface area contributed by atoms with E-state index in [1.54, 1.807) is 23.6 Å². The molecule has 1 aliphatic rings. The topological polar surface area (TPSA) is 95.2 Å². The number of sulfonamides is 1. The van der Waals surface area contributed by atoms with Gasteiger partial charge in [-0.15, -0.1) is 11.3 Å². The van der Waals surface area contributed by atoms with Crippen LogP contribution in [0.5, 0.6) is 0 Å². The SMILES string of the molecule is O=C(Nc1ccccc1-c1nc2ccccc2[nH]1)[C@H]1CCCCN1S(=O)(=O)c1cccs1. The lowest BCUT2D eigenvalue weighted by molar-refractivity contribution is -0.120. The fourth-order valence-electron chi connectivity index (χ4n) is 4.08. The first-order valence-electron chi connectivity index (χ1n) is 10.4. The average Bonchev–Trinajstić information content (AvgIpc) is 3.50. The fourth-order valence-corrected chi connectivity index (χ4v) is 6.85. The second kappa shape index (κ2) is 8.50. The highest BCUT2D eigenvalue weighted by molar-refractivity contribution is 7.91. The van der Waals surface area contributed by atoms with Crippen molar-refractivity contribution in [1.29, 1.82) is 0 Å². The summed E-state index contributed by atoms with van der Waals surface area (Å²) in [6.45, 7) is 0.337. The summed E-state index contributed by atoms with van der Waals surface area (Å²) in [6, 6.07) is 17.7. The van der Waals surface area contributed by atoms with Crippen LogP contribution in [-0.4, -0.2) is 41.2 Å². The minimum absolute atomic E-state index is 0.264. The number of anilines is 1. The van der Waals surface area contributed by atoms with Gasteiger partial charge in [0.1, 0.15) is 16.1 Å². The van der Waals surface area contributed by atoms with Gasteiger partial charge in [-0.3, -0.25) is 4.79 Å². The molecule has 2 N–H and O–H groups in total. The Bertz CT molecular complexity index is 1330. The number of rotatable bonds is 5. The number of benzene rings is 2. The summed E-state index contributed by atoms with van der Waals surface area (Å²) in [5.41, 5.74) is 3.09. The van der Waals surface area contributed by atoms with E-state index in [-0.39, 0.29) is 10.1 Å². The third kappa shape index (κ3) is 3.83. The average molecular weight is 467 g/mol. The van der Waals surface area contributed by atoms with Crippen LogP contribution in [0.4, 0.5) is 5.69 Å². The lowest BCUT2D eigenvalue weighted by Crippen LogP contribution is -2.49. The number of fused-ring (bicyclic) bond motifs is 1. The van der Waals surface area contributed by atoms with Crippen LogP contribution >= 0.6 is 11.3 Å². The molecule has 2 aromatic heterocycles. The maximum Gasteiger partial charge on any atom is 0.253 e. The van der Waals surface area contributed by atoms with E-state index in [2.05, 4.69) is 15.3 Å². The molecule has 0 bridgehead atoms. The molecule has 7 nitrogen and oxygen atoms in total. The molecule has 0 saturated carbocycles. The molecule has 5 rings (SSSR count). The molecule has 1 amide bonds. The van der Waals surface area contributed by atoms with Gasteiger partial charge in [-0.05, 0) is 48.6 Å². The van der Waals surface area contributed by atoms with Gasteiger partial charge < -0.3 is 10.3 Å². The summed E-state index contributed by atoms with van der Waals surface area (Å²) in [6.07, 6.45) is 2.03. The number of nitrogens with one attached hydrogen (secondary N) is 2. The maximum absolute atomic E-state index is 13.3. The summed E-state index contributed by atoms with van der Waals surface area (Å²) >= 11 is 1.17. The van der Waals surface area contributed by atoms with Gasteiger partial charge in [0.05, 0.1) is 16.7 Å². The Morgan fingerprint density at radius 2 is 1.88 bits per heavy atom. The Hall–Kier alpha value is -3.01. The first kappa shape index (κ1) is 20.9. The lowest BCUT2D eigenvalue weighted by atomic mass is 10.0. The minimum Gasteiger partial charge on any atom is -0.338 e. The van der Waals surface area contributed by atoms with Gasteiger partial charge in [0.2, 0.25) is 5.91 Å². The van der Waals surface area contributed by atoms with E-state index in [4.69, 9.17) is 0 Å². The van der Waals surface area contributed by atoms with E-state index in [9.17, 15) is 13.2 Å². The van der Waals surface area contributed by atoms with Crippen molar-refractivity contribution >= 4 is 44.0 Å². The van der Waals surface area contributed by atoms with E-state index in [0.717, 1.165) is 29.4 Å². The first-order valence-corrected chi connectivity index (χ1v) is 12.8. The predicted octanol–water partition coefficient (Wildman–Crippen LogP) is 4.47. The van der Waals surface area contributed by atoms with Gasteiger partial charge >= 0.3 is 0 Å². The van der Waals surface area contributed by atoms with Crippen molar-refractivity contribution < 1.29 is 13.2 Å². The Morgan fingerprint density at radius 3 is 2.69 bits per heavy atom. The number of para-hydroxylation sites is 3. The molecule has 0 aliphatic carbocycles. The van der Waals surface area contributed by atoms with E-state index in [1.807, 2.05) is 42.5 Å². The van der Waals surface area contributed by atoms with E-state index < -0.39 is 16.1 Å². The normalized spacial score (nSPS) is 17.4. The summed E-state index contributed by atoms with van der Waals surface area (Å²) in [5, 5.41) is 4.70. The number of nitrogens with zero attached hydrogens (tertiary/aromatic N) is 2. The maximum atomic E-state index is 13.3. The van der Waals surface area contributed by atoms with Crippen molar-refractivity contribution in [2.24, 2.45) is 0 Å². The van der Waals surface area contributed by atoms with Gasteiger partial charge in [0.25, 0.3) is 10.0 Å². The van der Waals surface area contributed by atoms with Crippen LogP contribution in [0.3, 0.4) is 0 Å². The van der Waals surface area contributed by atoms with Crippen LogP contribution in [0.1, 0.15) is 19.3 Å². The molecule has 1 aliphatic heterocycles. The Labute approximate surface area is 190 Å². The first-order chi connectivity index (χ1) is 15.5. The highest BCUT2D eigenvalue weighted by Gasteiger charge is 2.38. The molecule has 2 aromatic carbocycles. The number of amides is 1. The van der Waals surface area contributed by atoms with Gasteiger partial charge in [-0.25, -0.2) is 13.4 Å². The van der Waals surface area contributed by atoms with Gasteiger partial charge in [0.15, 0.2) is 0 Å². The molecule has 164 valence electrons. The molecule has 0 unspecified atom stereocenters. The van der Waals surface area contributed by atoms with Gasteiger partial charge in [0, 0.05) is 12.1 Å². The number of aromatic amines is 1. The summed E-state index contributed by atoms with van der Waals surface area (Å²) < 4.78 is 27.9. The molecular formula is C23H22N4O3S2. The van der Waals surface area contributed by atoms with Crippen molar-refractivity contribution in [1.82, 2.24) is 14.3 Å². The van der Waals surface area contributed by atoms with E-state index in [1.165, 1.54) is 15.6 Å². The largest absolute Gasteiger partial charge is 0.338 e. The highest BCUT2D eigenvalue weighted by Crippen LogP contribution is 2.31. The molecule has 32 heavy (non-hydrogen) atoms. The summed E-state index contributed by atoms with van der Waals surface area (Å²) in [5.74, 6) is 0.321. The Morgan fingerprint density at radius 1 is 1.06 bits per heavy atom. The summed E-state index contributed by atoms with van der Waals surface area (Å²) in [4.78, 5) is 21.2. The smallest absolute Gasteiger partial charge is 0.253 e. The third-order valence-corrected chi connectivity index (χ3v) is 8.93. The van der Waals surface area contributed by atoms with Crippen LogP contribution in [0.25, 0.3) is 22.4 Å². The van der Waals surface area contributed by atoms with Crippen molar-refractivity contribution in [2.45, 2.75) is 29.5 Å². The third-order valence-electron chi connectivity index (χ3n) is 5.64. The van der Waals surface area contributed by atoms with Crippen molar-refractivity contribution in [2.75, 3.05) is 11.9 Å². The molecule has 3 heterocycles. The van der Waals surface area contributed by atoms with E-state index >= 15 is 0 Å². The number of imidazole rings is 1. The number of carbonyl (C=O) groups is 1. The molecular weight excluding hydrogens is 444 g/mol. The van der Waals surface area contributed by atoms with Crippen LogP contribution in [0.2, 0.25) is 0 Å². The minimum atomic E-state index is -3.71. The van der Waals surface area contributed by atoms with Gasteiger partial charge in [-0.2, -0.15) is 4.31 Å². The molecule has 0 spiro atoms. The highest BCUT2D eigenvalue weighted by atomic mass is 32.2. The molecule has 0 radical (unpaired) electrons. The van der Waals surface area contributed by atoms with Crippen LogP contribution in [0, 0.1) is 0 Å². The number of piperidine rings is 1. The standard InChI is InChI=1S/C23H22N4O3S2/c28-23(20-12-5-6-14-27(20)32(29,30)21-13-7-15-31-21)26-17-9-2-1-8-16(17)22-24-18-10-3-4-11-19(18)25-22/h1-4,7-11,13,15,20H,5-6,12,14H2,(H,24,25)(H,26,28)/t20-/m1/s1. The Kier molecular flexibility index (Phi) is 5.54. The predicted molar refractivity (Wildman–Crippen MR) is 126 cm³/mol. The van der Waals surface area contributed by atoms with Crippen LogP contribution in [-0.2, 0) is 14.8 Å². The van der Waals surface area contributed by atoms with E-state index in [0.29, 0.717) is 24.5 Å². The zero-order valence-corrected chi connectivity index (χ0v) is 18.8. The second-order valence-electron chi connectivity index (χ2n) is 7.70. The van der Waals surface area contributed by atoms with Gasteiger partial charge in [-0.1, -0.05) is 36.8 Å². The van der Waals surface area contributed by atoms with Crippen LogP contribution in [0.15, 0.2) is 70.3 Å². The zero-order chi connectivity index (χ0) is 22.1. The fraction of sp³-hybridized carbons (Fsp3) is 0.217. The zero-order valence-electron chi connectivity index (χ0n) is 17.2. The molecule has 4 aromatic rings. The number of thiophene rings is 1. The molecule has 1 saturated heterocycles. The number of carbonyl (C=O) groups excluding carboxylic acids is 1.